The highest BCUT2D eigenvalue weighted by molar-refractivity contribution is 7.89. The summed E-state index contributed by atoms with van der Waals surface area (Å²) in [6, 6.07) is 7.27. The average Bonchev–Trinajstić information content (AvgIpc) is 2.34. The van der Waals surface area contributed by atoms with Crippen LogP contribution in [0.3, 0.4) is 0 Å². The molecule has 1 aromatic rings. The molecule has 0 aromatic heterocycles. The summed E-state index contributed by atoms with van der Waals surface area (Å²) in [4.78, 5) is 11.8. The molecule has 0 unspecified atom stereocenters. The smallest absolute Gasteiger partial charge is 0.221 e. The molecule has 5 nitrogen and oxygen atoms in total. The van der Waals surface area contributed by atoms with E-state index in [9.17, 15) is 13.2 Å². The van der Waals surface area contributed by atoms with Crippen LogP contribution >= 0.6 is 0 Å². The molecule has 22 heavy (non-hydrogen) atoms. The Balaban J connectivity index is 2.52. The van der Waals surface area contributed by atoms with Crippen LogP contribution in [-0.2, 0) is 26.9 Å². The van der Waals surface area contributed by atoms with Gasteiger partial charge in [0.1, 0.15) is 0 Å². The summed E-state index contributed by atoms with van der Waals surface area (Å²) >= 11 is 0. The summed E-state index contributed by atoms with van der Waals surface area (Å²) in [7, 11) is -3.09. The molecule has 0 aliphatic heterocycles. The number of carbonyl (C=O) groups is 1. The molecule has 0 saturated heterocycles. The van der Waals surface area contributed by atoms with E-state index in [4.69, 9.17) is 0 Å². The van der Waals surface area contributed by atoms with Crippen LogP contribution in [0.2, 0.25) is 0 Å². The standard InChI is InChI=1S/C16H26N2O3S/c1-16(2,3)18-10-9-15(19)17-11-13-7-5-6-8-14(13)12-22(4,20)21/h5-8,18H,9-12H2,1-4H3,(H,17,19). The number of hydrogen-bond acceptors (Lipinski definition) is 4. The van der Waals surface area contributed by atoms with Crippen LogP contribution in [0.5, 0.6) is 0 Å². The maximum absolute atomic E-state index is 11.8. The third-order valence-electron chi connectivity index (χ3n) is 3.02. The van der Waals surface area contributed by atoms with E-state index in [1.807, 2.05) is 32.9 Å². The van der Waals surface area contributed by atoms with Gasteiger partial charge in [-0.05, 0) is 31.9 Å². The van der Waals surface area contributed by atoms with Gasteiger partial charge in [-0.3, -0.25) is 4.79 Å². The average molecular weight is 326 g/mol. The van der Waals surface area contributed by atoms with Gasteiger partial charge in [0.2, 0.25) is 5.91 Å². The molecule has 0 spiro atoms. The fraction of sp³-hybridized carbons (Fsp3) is 0.562. The van der Waals surface area contributed by atoms with Crippen molar-refractivity contribution in [2.75, 3.05) is 12.8 Å². The monoisotopic (exact) mass is 326 g/mol. The summed E-state index contributed by atoms with van der Waals surface area (Å²) < 4.78 is 22.9. The highest BCUT2D eigenvalue weighted by atomic mass is 32.2. The molecule has 0 saturated carbocycles. The minimum atomic E-state index is -3.09. The molecule has 0 radical (unpaired) electrons. The van der Waals surface area contributed by atoms with Crippen LogP contribution in [0.25, 0.3) is 0 Å². The number of sulfone groups is 1. The lowest BCUT2D eigenvalue weighted by molar-refractivity contribution is -0.121. The Kier molecular flexibility index (Phi) is 6.56. The summed E-state index contributed by atoms with van der Waals surface area (Å²) in [5.41, 5.74) is 1.56. The van der Waals surface area contributed by atoms with Gasteiger partial charge < -0.3 is 10.6 Å². The van der Waals surface area contributed by atoms with Crippen LogP contribution in [0, 0.1) is 0 Å². The van der Waals surface area contributed by atoms with E-state index in [1.165, 1.54) is 6.26 Å². The lowest BCUT2D eigenvalue weighted by atomic mass is 10.1. The molecule has 6 heteroatoms. The fourth-order valence-electron chi connectivity index (χ4n) is 1.99. The normalized spacial score (nSPS) is 12.2. The zero-order chi connectivity index (χ0) is 16.8. The molecule has 0 heterocycles. The molecule has 0 atom stereocenters. The molecular weight excluding hydrogens is 300 g/mol. The predicted octanol–water partition coefficient (Wildman–Crippen LogP) is 1.63. The minimum Gasteiger partial charge on any atom is -0.352 e. The van der Waals surface area contributed by atoms with Gasteiger partial charge >= 0.3 is 0 Å². The predicted molar refractivity (Wildman–Crippen MR) is 89.2 cm³/mol. The van der Waals surface area contributed by atoms with Gasteiger partial charge in [0.25, 0.3) is 0 Å². The van der Waals surface area contributed by atoms with E-state index in [0.717, 1.165) is 11.1 Å². The zero-order valence-electron chi connectivity index (χ0n) is 13.8. The third-order valence-corrected chi connectivity index (χ3v) is 3.85. The van der Waals surface area contributed by atoms with Crippen LogP contribution in [0.1, 0.15) is 38.3 Å². The van der Waals surface area contributed by atoms with Crippen molar-refractivity contribution in [3.05, 3.63) is 35.4 Å². The van der Waals surface area contributed by atoms with Crippen molar-refractivity contribution in [1.29, 1.82) is 0 Å². The Morgan fingerprint density at radius 3 is 2.27 bits per heavy atom. The first-order chi connectivity index (χ1) is 10.1. The number of hydrogen-bond donors (Lipinski definition) is 2. The van der Waals surface area contributed by atoms with Crippen LogP contribution < -0.4 is 10.6 Å². The highest BCUT2D eigenvalue weighted by Gasteiger charge is 2.11. The van der Waals surface area contributed by atoms with Crippen LogP contribution in [0.4, 0.5) is 0 Å². The number of nitrogens with one attached hydrogen (secondary N) is 2. The third kappa shape index (κ3) is 8.14. The van der Waals surface area contributed by atoms with E-state index in [2.05, 4.69) is 10.6 Å². The molecule has 2 N–H and O–H groups in total. The van der Waals surface area contributed by atoms with Gasteiger partial charge in [0.05, 0.1) is 5.75 Å². The van der Waals surface area contributed by atoms with Crippen LogP contribution in [0.15, 0.2) is 24.3 Å². The maximum atomic E-state index is 11.8. The topological polar surface area (TPSA) is 75.3 Å². The van der Waals surface area contributed by atoms with E-state index in [1.54, 1.807) is 12.1 Å². The second-order valence-electron chi connectivity index (χ2n) is 6.54. The van der Waals surface area contributed by atoms with Gasteiger partial charge in [-0.1, -0.05) is 24.3 Å². The lowest BCUT2D eigenvalue weighted by Crippen LogP contribution is -2.38. The minimum absolute atomic E-state index is 0.00930. The summed E-state index contributed by atoms with van der Waals surface area (Å²) in [6.45, 7) is 7.10. The first kappa shape index (κ1) is 18.6. The Hall–Kier alpha value is -1.40. The molecule has 1 aromatic carbocycles. The molecule has 0 aliphatic rings. The Morgan fingerprint density at radius 1 is 1.14 bits per heavy atom. The van der Waals surface area contributed by atoms with Crippen molar-refractivity contribution in [1.82, 2.24) is 10.6 Å². The first-order valence-corrected chi connectivity index (χ1v) is 9.39. The van der Waals surface area contributed by atoms with Crippen LogP contribution in [-0.4, -0.2) is 32.7 Å². The van der Waals surface area contributed by atoms with E-state index in [0.29, 0.717) is 19.5 Å². The first-order valence-electron chi connectivity index (χ1n) is 7.33. The molecular formula is C16H26N2O3S. The van der Waals surface area contributed by atoms with Crippen molar-refractivity contribution < 1.29 is 13.2 Å². The Bertz CT molecular complexity index is 604. The second kappa shape index (κ2) is 7.74. The molecule has 1 rings (SSSR count). The molecule has 0 fully saturated rings. The number of amides is 1. The van der Waals surface area contributed by atoms with Gasteiger partial charge in [-0.25, -0.2) is 8.42 Å². The van der Waals surface area contributed by atoms with Crippen molar-refractivity contribution in [2.24, 2.45) is 0 Å². The number of benzene rings is 1. The van der Waals surface area contributed by atoms with Crippen molar-refractivity contribution in [3.63, 3.8) is 0 Å². The molecule has 0 aliphatic carbocycles. The van der Waals surface area contributed by atoms with Gasteiger partial charge in [0.15, 0.2) is 9.84 Å². The SMILES string of the molecule is CC(C)(C)NCCC(=O)NCc1ccccc1CS(C)(=O)=O. The molecule has 124 valence electrons. The quantitative estimate of drug-likeness (QED) is 0.798. The van der Waals surface area contributed by atoms with Gasteiger partial charge in [0, 0.05) is 31.3 Å². The Labute approximate surface area is 133 Å². The zero-order valence-corrected chi connectivity index (χ0v) is 14.6. The maximum Gasteiger partial charge on any atom is 0.221 e. The number of rotatable bonds is 7. The second-order valence-corrected chi connectivity index (χ2v) is 8.68. The molecule has 0 bridgehead atoms. The van der Waals surface area contributed by atoms with Gasteiger partial charge in [-0.2, -0.15) is 0 Å². The largest absolute Gasteiger partial charge is 0.352 e. The van der Waals surface area contributed by atoms with E-state index in [-0.39, 0.29) is 17.2 Å². The van der Waals surface area contributed by atoms with Crippen molar-refractivity contribution in [3.8, 4) is 0 Å². The van der Waals surface area contributed by atoms with E-state index >= 15 is 0 Å². The Morgan fingerprint density at radius 2 is 1.73 bits per heavy atom. The summed E-state index contributed by atoms with van der Waals surface area (Å²) in [5, 5.41) is 6.09. The summed E-state index contributed by atoms with van der Waals surface area (Å²) in [6.07, 6.45) is 1.60. The lowest BCUT2D eigenvalue weighted by Gasteiger charge is -2.20. The highest BCUT2D eigenvalue weighted by Crippen LogP contribution is 2.12. The number of carbonyl (C=O) groups excluding carboxylic acids is 1. The van der Waals surface area contributed by atoms with E-state index < -0.39 is 9.84 Å². The van der Waals surface area contributed by atoms with Crippen molar-refractivity contribution in [2.45, 2.75) is 45.0 Å². The molecule has 1 amide bonds. The summed E-state index contributed by atoms with van der Waals surface area (Å²) in [5.74, 6) is -0.0594. The van der Waals surface area contributed by atoms with Gasteiger partial charge in [-0.15, -0.1) is 0 Å². The van der Waals surface area contributed by atoms with Crippen molar-refractivity contribution >= 4 is 15.7 Å². The fourth-order valence-corrected chi connectivity index (χ4v) is 2.83.